The number of nitrogens with zero attached hydrogens (tertiary/aromatic N) is 2. The summed E-state index contributed by atoms with van der Waals surface area (Å²) in [7, 11) is 0. The lowest BCUT2D eigenvalue weighted by atomic mass is 9.81. The van der Waals surface area contributed by atoms with Crippen molar-refractivity contribution in [2.75, 3.05) is 5.32 Å². The number of fused-ring (bicyclic) bond motifs is 5. The Hall–Kier alpha value is -2.24. The summed E-state index contributed by atoms with van der Waals surface area (Å²) in [5.74, 6) is 0.897. The largest absolute Gasteiger partial charge is 0.324 e. The highest BCUT2D eigenvalue weighted by Gasteiger charge is 2.61. The number of hydrogen-bond acceptors (Lipinski definition) is 4. The molecular weight excluding hydrogens is 354 g/mol. The van der Waals surface area contributed by atoms with E-state index in [0.717, 1.165) is 56.2 Å². The van der Waals surface area contributed by atoms with E-state index in [4.69, 9.17) is 0 Å². The molecule has 1 aromatic heterocycles. The van der Waals surface area contributed by atoms with Crippen LogP contribution in [0.3, 0.4) is 0 Å². The number of hydrogen-bond donors (Lipinski definition) is 1. The Morgan fingerprint density at radius 1 is 1.04 bits per heavy atom. The predicted octanol–water partition coefficient (Wildman–Crippen LogP) is 2.92. The molecule has 0 spiro atoms. The van der Waals surface area contributed by atoms with E-state index in [1.165, 1.54) is 0 Å². The first-order valence-corrected chi connectivity index (χ1v) is 10.6. The van der Waals surface area contributed by atoms with Crippen molar-refractivity contribution in [2.45, 2.75) is 57.9 Å². The first-order valence-electron chi connectivity index (χ1n) is 10.6. The van der Waals surface area contributed by atoms with E-state index in [0.29, 0.717) is 11.8 Å². The van der Waals surface area contributed by atoms with E-state index in [1.54, 1.807) is 17.3 Å². The monoisotopic (exact) mass is 381 g/mol. The molecule has 4 fully saturated rings. The molecule has 0 aromatic carbocycles. The number of likely N-dealkylation sites (tertiary alicyclic amines) is 1. The number of nitrogens with one attached hydrogen (secondary N) is 1. The van der Waals surface area contributed by atoms with Gasteiger partial charge >= 0.3 is 0 Å². The van der Waals surface area contributed by atoms with Crippen LogP contribution in [0.4, 0.5) is 5.69 Å². The third kappa shape index (κ3) is 2.68. The van der Waals surface area contributed by atoms with E-state index < -0.39 is 0 Å². The predicted molar refractivity (Wildman–Crippen MR) is 103 cm³/mol. The number of pyridine rings is 1. The Balaban J connectivity index is 1.22. The molecule has 6 heteroatoms. The van der Waals surface area contributed by atoms with Crippen molar-refractivity contribution in [1.29, 1.82) is 0 Å². The number of rotatable bonds is 3. The molecule has 0 radical (unpaired) electrons. The Bertz CT molecular complexity index is 802. The minimum absolute atomic E-state index is 0.0172. The van der Waals surface area contributed by atoms with Crippen LogP contribution in [0.1, 0.15) is 50.5 Å². The van der Waals surface area contributed by atoms with E-state index in [9.17, 15) is 14.4 Å². The van der Waals surface area contributed by atoms with Gasteiger partial charge in [-0.1, -0.05) is 0 Å². The second-order valence-corrected chi connectivity index (χ2v) is 9.12. The van der Waals surface area contributed by atoms with Gasteiger partial charge in [0.25, 0.3) is 0 Å². The van der Waals surface area contributed by atoms with Crippen LogP contribution in [0.15, 0.2) is 18.5 Å². The summed E-state index contributed by atoms with van der Waals surface area (Å²) in [4.78, 5) is 44.3. The summed E-state index contributed by atoms with van der Waals surface area (Å²) in [5, 5.41) is 2.99. The summed E-state index contributed by atoms with van der Waals surface area (Å²) in [6.07, 6.45) is 9.58. The molecule has 148 valence electrons. The minimum Gasteiger partial charge on any atom is -0.324 e. The van der Waals surface area contributed by atoms with Crippen LogP contribution < -0.4 is 5.32 Å². The molecule has 3 amide bonds. The molecule has 6 nitrogen and oxygen atoms in total. The van der Waals surface area contributed by atoms with Gasteiger partial charge in [0, 0.05) is 18.2 Å². The van der Waals surface area contributed by atoms with Crippen molar-refractivity contribution in [3.05, 3.63) is 24.0 Å². The molecule has 4 atom stereocenters. The molecule has 0 unspecified atom stereocenters. The Morgan fingerprint density at radius 3 is 2.29 bits per heavy atom. The number of amides is 3. The van der Waals surface area contributed by atoms with Crippen LogP contribution in [0, 0.1) is 36.5 Å². The van der Waals surface area contributed by atoms with Crippen LogP contribution in [-0.4, -0.2) is 33.6 Å². The lowest BCUT2D eigenvalue weighted by Gasteiger charge is -2.33. The van der Waals surface area contributed by atoms with Gasteiger partial charge in [0.05, 0.1) is 23.7 Å². The normalized spacial score (nSPS) is 36.7. The fourth-order valence-electron chi connectivity index (χ4n) is 6.22. The number of aryl methyl sites for hydroxylation is 1. The SMILES string of the molecule is Cc1ccncc1NC(=O)C1CCC(N2C(=O)[C@@H]3[C@@H]4CC[C@@H](C4)[C@@H]3C2=O)CC1. The zero-order chi connectivity index (χ0) is 19.4. The number of aromatic nitrogens is 1. The van der Waals surface area contributed by atoms with Gasteiger partial charge in [-0.2, -0.15) is 0 Å². The quantitative estimate of drug-likeness (QED) is 0.817. The molecule has 1 saturated heterocycles. The highest BCUT2D eigenvalue weighted by molar-refractivity contribution is 6.06. The van der Waals surface area contributed by atoms with Crippen LogP contribution in [0.2, 0.25) is 0 Å². The van der Waals surface area contributed by atoms with Crippen molar-refractivity contribution in [2.24, 2.45) is 29.6 Å². The minimum atomic E-state index is -0.0701. The number of carbonyl (C=O) groups is 3. The van der Waals surface area contributed by atoms with Crippen molar-refractivity contribution >= 4 is 23.4 Å². The molecule has 3 saturated carbocycles. The van der Waals surface area contributed by atoms with Crippen molar-refractivity contribution < 1.29 is 14.4 Å². The van der Waals surface area contributed by atoms with E-state index in [2.05, 4.69) is 10.3 Å². The molecule has 2 bridgehead atoms. The van der Waals surface area contributed by atoms with E-state index in [1.807, 2.05) is 13.0 Å². The highest BCUT2D eigenvalue weighted by Crippen LogP contribution is 2.56. The number of imide groups is 1. The molecule has 2 heterocycles. The summed E-state index contributed by atoms with van der Waals surface area (Å²) < 4.78 is 0. The highest BCUT2D eigenvalue weighted by atomic mass is 16.2. The van der Waals surface area contributed by atoms with Crippen LogP contribution in [0.5, 0.6) is 0 Å². The zero-order valence-corrected chi connectivity index (χ0v) is 16.3. The summed E-state index contributed by atoms with van der Waals surface area (Å²) in [6, 6.07) is 1.86. The van der Waals surface area contributed by atoms with Crippen molar-refractivity contribution in [3.8, 4) is 0 Å². The first kappa shape index (κ1) is 17.8. The van der Waals surface area contributed by atoms with Crippen LogP contribution >= 0.6 is 0 Å². The molecular formula is C22H27N3O3. The van der Waals surface area contributed by atoms with Gasteiger partial charge in [0.15, 0.2) is 0 Å². The molecule has 28 heavy (non-hydrogen) atoms. The smallest absolute Gasteiger partial charge is 0.233 e. The number of anilines is 1. The maximum absolute atomic E-state index is 13.0. The second-order valence-electron chi connectivity index (χ2n) is 9.12. The van der Waals surface area contributed by atoms with Crippen LogP contribution in [0.25, 0.3) is 0 Å². The molecule has 1 aliphatic heterocycles. The maximum Gasteiger partial charge on any atom is 0.233 e. The second kappa shape index (κ2) is 6.68. The summed E-state index contributed by atoms with van der Waals surface area (Å²) >= 11 is 0. The standard InChI is InChI=1S/C22H27N3O3/c1-12-8-9-23-11-17(12)24-20(26)13-4-6-16(7-5-13)25-21(27)18-14-2-3-15(10-14)19(18)22(25)28/h8-9,11,13-16,18-19H,2-7,10H2,1H3,(H,24,26)/t13?,14-,15+,16?,18-,19+. The van der Waals surface area contributed by atoms with Crippen molar-refractivity contribution in [3.63, 3.8) is 0 Å². The van der Waals surface area contributed by atoms with Gasteiger partial charge in [-0.3, -0.25) is 24.3 Å². The fourth-order valence-corrected chi connectivity index (χ4v) is 6.22. The molecule has 1 aromatic rings. The molecule has 3 aliphatic carbocycles. The van der Waals surface area contributed by atoms with Gasteiger partial charge in [-0.25, -0.2) is 0 Å². The summed E-state index contributed by atoms with van der Waals surface area (Å²) in [6.45, 7) is 1.95. The number of carbonyl (C=O) groups excluding carboxylic acids is 3. The van der Waals surface area contributed by atoms with Crippen LogP contribution in [-0.2, 0) is 14.4 Å². The molecule has 1 N–H and O–H groups in total. The van der Waals surface area contributed by atoms with Gasteiger partial charge in [-0.15, -0.1) is 0 Å². The third-order valence-corrected chi connectivity index (χ3v) is 7.69. The van der Waals surface area contributed by atoms with Gasteiger partial charge < -0.3 is 5.32 Å². The molecule has 4 aliphatic rings. The van der Waals surface area contributed by atoms with Gasteiger partial charge in [-0.05, 0) is 75.3 Å². The Kier molecular flexibility index (Phi) is 4.25. The zero-order valence-electron chi connectivity index (χ0n) is 16.3. The van der Waals surface area contributed by atoms with Gasteiger partial charge in [0.2, 0.25) is 17.7 Å². The van der Waals surface area contributed by atoms with Crippen molar-refractivity contribution in [1.82, 2.24) is 9.88 Å². The van der Waals surface area contributed by atoms with Gasteiger partial charge in [0.1, 0.15) is 0 Å². The Morgan fingerprint density at radius 2 is 1.68 bits per heavy atom. The lowest BCUT2D eigenvalue weighted by Crippen LogP contribution is -2.44. The lowest BCUT2D eigenvalue weighted by molar-refractivity contribution is -0.144. The maximum atomic E-state index is 13.0. The van der Waals surface area contributed by atoms with E-state index in [-0.39, 0.29) is 41.5 Å². The topological polar surface area (TPSA) is 79.4 Å². The first-order chi connectivity index (χ1) is 13.5. The molecule has 5 rings (SSSR count). The third-order valence-electron chi connectivity index (χ3n) is 7.69. The average molecular weight is 381 g/mol. The van der Waals surface area contributed by atoms with E-state index >= 15 is 0 Å². The fraction of sp³-hybridized carbons (Fsp3) is 0.636. The average Bonchev–Trinajstić information content (AvgIpc) is 3.38. The Labute approximate surface area is 165 Å². The summed E-state index contributed by atoms with van der Waals surface area (Å²) in [5.41, 5.74) is 1.74.